The number of nitrogens with one attached hydrogen (secondary N) is 2. The van der Waals surface area contributed by atoms with Crippen molar-refractivity contribution < 1.29 is 4.74 Å². The Morgan fingerprint density at radius 3 is 3.20 bits per heavy atom. The van der Waals surface area contributed by atoms with Gasteiger partial charge in [0.2, 0.25) is 5.95 Å². The largest absolute Gasteiger partial charge is 0.374 e. The minimum atomic E-state index is -0.0765. The summed E-state index contributed by atoms with van der Waals surface area (Å²) in [6.07, 6.45) is 1.70. The van der Waals surface area contributed by atoms with E-state index in [0.717, 1.165) is 18.5 Å². The number of fused-ring (bicyclic) bond motifs is 1. The smallest absolute Gasteiger partial charge is 0.252 e. The van der Waals surface area contributed by atoms with Crippen LogP contribution in [0, 0.1) is 0 Å². The number of aromatic nitrogens is 3. The molecule has 0 spiro atoms. The molecule has 2 aromatic heterocycles. The fourth-order valence-electron chi connectivity index (χ4n) is 2.31. The van der Waals surface area contributed by atoms with E-state index in [-0.39, 0.29) is 11.7 Å². The molecule has 7 heteroatoms. The summed E-state index contributed by atoms with van der Waals surface area (Å²) in [5.74, 6) is 0.500. The predicted octanol–water partition coefficient (Wildman–Crippen LogP) is -0.178. The van der Waals surface area contributed by atoms with Crippen LogP contribution in [0.5, 0.6) is 0 Å². The minimum Gasteiger partial charge on any atom is -0.374 e. The zero-order chi connectivity index (χ0) is 13.9. The Kier molecular flexibility index (Phi) is 3.62. The van der Waals surface area contributed by atoms with Gasteiger partial charge >= 0.3 is 0 Å². The lowest BCUT2D eigenvalue weighted by atomic mass is 10.2. The number of nitrogens with zero attached hydrogens (tertiary/aromatic N) is 3. The van der Waals surface area contributed by atoms with Crippen molar-refractivity contribution in [3.8, 4) is 0 Å². The normalized spacial score (nSPS) is 19.1. The molecule has 106 valence electrons. The van der Waals surface area contributed by atoms with Gasteiger partial charge in [0.25, 0.3) is 5.56 Å². The Hall–Kier alpha value is -1.99. The lowest BCUT2D eigenvalue weighted by Gasteiger charge is -2.24. The van der Waals surface area contributed by atoms with Gasteiger partial charge in [-0.25, -0.2) is 4.98 Å². The second-order valence-corrected chi connectivity index (χ2v) is 4.70. The highest BCUT2D eigenvalue weighted by atomic mass is 16.5. The van der Waals surface area contributed by atoms with E-state index >= 15 is 0 Å². The van der Waals surface area contributed by atoms with Gasteiger partial charge in [0.05, 0.1) is 19.3 Å². The van der Waals surface area contributed by atoms with Gasteiger partial charge in [-0.1, -0.05) is 0 Å². The third-order valence-corrected chi connectivity index (χ3v) is 3.34. The second kappa shape index (κ2) is 5.56. The lowest BCUT2D eigenvalue weighted by molar-refractivity contribution is 0.0183. The van der Waals surface area contributed by atoms with E-state index in [1.807, 2.05) is 0 Å². The zero-order valence-corrected chi connectivity index (χ0v) is 11.3. The highest BCUT2D eigenvalue weighted by Crippen LogP contribution is 2.11. The third kappa shape index (κ3) is 2.50. The average Bonchev–Trinajstić information content (AvgIpc) is 2.51. The molecule has 0 radical (unpaired) electrons. The number of pyridine rings is 1. The van der Waals surface area contributed by atoms with Crippen molar-refractivity contribution >= 4 is 17.0 Å². The Morgan fingerprint density at radius 2 is 2.45 bits per heavy atom. The maximum atomic E-state index is 12.1. The van der Waals surface area contributed by atoms with Crippen LogP contribution in [0.1, 0.15) is 0 Å². The summed E-state index contributed by atoms with van der Waals surface area (Å²) >= 11 is 0. The van der Waals surface area contributed by atoms with Crippen molar-refractivity contribution in [2.24, 2.45) is 0 Å². The third-order valence-electron chi connectivity index (χ3n) is 3.34. The molecule has 3 rings (SSSR count). The number of anilines is 1. The first kappa shape index (κ1) is 13.0. The van der Waals surface area contributed by atoms with E-state index in [2.05, 4.69) is 20.6 Å². The summed E-state index contributed by atoms with van der Waals surface area (Å²) in [7, 11) is 1.75. The number of ether oxygens (including phenoxy) is 1. The van der Waals surface area contributed by atoms with Gasteiger partial charge in [-0.2, -0.15) is 4.98 Å². The maximum absolute atomic E-state index is 12.1. The monoisotopic (exact) mass is 275 g/mol. The molecule has 2 N–H and O–H groups in total. The van der Waals surface area contributed by atoms with E-state index in [0.29, 0.717) is 24.7 Å². The minimum absolute atomic E-state index is 0.0138. The Bertz CT molecular complexity index is 663. The molecule has 0 amide bonds. The van der Waals surface area contributed by atoms with Crippen molar-refractivity contribution in [1.82, 2.24) is 19.9 Å². The van der Waals surface area contributed by atoms with E-state index in [9.17, 15) is 4.79 Å². The van der Waals surface area contributed by atoms with Crippen LogP contribution >= 0.6 is 0 Å². The molecule has 7 nitrogen and oxygen atoms in total. The van der Waals surface area contributed by atoms with Gasteiger partial charge < -0.3 is 15.4 Å². The first-order chi connectivity index (χ1) is 9.78. The first-order valence-corrected chi connectivity index (χ1v) is 6.64. The average molecular weight is 275 g/mol. The number of rotatable bonds is 3. The molecule has 0 aliphatic carbocycles. The van der Waals surface area contributed by atoms with E-state index in [1.165, 1.54) is 0 Å². The van der Waals surface area contributed by atoms with E-state index in [4.69, 9.17) is 4.74 Å². The number of hydrogen-bond acceptors (Lipinski definition) is 6. The van der Waals surface area contributed by atoms with Crippen LogP contribution in [0.4, 0.5) is 5.95 Å². The summed E-state index contributed by atoms with van der Waals surface area (Å²) < 4.78 is 7.31. The van der Waals surface area contributed by atoms with Crippen molar-refractivity contribution in [1.29, 1.82) is 0 Å². The summed E-state index contributed by atoms with van der Waals surface area (Å²) in [5.41, 5.74) is 0.554. The fraction of sp³-hybridized carbons (Fsp3) is 0.462. The van der Waals surface area contributed by atoms with Crippen molar-refractivity contribution in [3.05, 3.63) is 28.7 Å². The van der Waals surface area contributed by atoms with Crippen LogP contribution in [0.15, 0.2) is 23.1 Å². The molecule has 0 aromatic carbocycles. The topological polar surface area (TPSA) is 81.1 Å². The van der Waals surface area contributed by atoms with Crippen LogP contribution in [0.2, 0.25) is 0 Å². The van der Waals surface area contributed by atoms with Gasteiger partial charge in [0, 0.05) is 37.8 Å². The quantitative estimate of drug-likeness (QED) is 0.809. The van der Waals surface area contributed by atoms with Crippen molar-refractivity contribution in [2.45, 2.75) is 12.6 Å². The lowest BCUT2D eigenvalue weighted by Crippen LogP contribution is -2.42. The molecule has 1 fully saturated rings. The van der Waals surface area contributed by atoms with Gasteiger partial charge in [-0.05, 0) is 6.07 Å². The van der Waals surface area contributed by atoms with Gasteiger partial charge in [-0.15, -0.1) is 0 Å². The van der Waals surface area contributed by atoms with Gasteiger partial charge in [0.15, 0.2) is 0 Å². The summed E-state index contributed by atoms with van der Waals surface area (Å²) in [4.78, 5) is 20.7. The first-order valence-electron chi connectivity index (χ1n) is 6.64. The van der Waals surface area contributed by atoms with Crippen LogP contribution in [0.3, 0.4) is 0 Å². The van der Waals surface area contributed by atoms with Crippen molar-refractivity contribution in [2.75, 3.05) is 32.1 Å². The molecule has 1 atom stereocenters. The molecule has 0 bridgehead atoms. The molecule has 0 saturated carbocycles. The SMILES string of the molecule is CNc1ncc2ccc(=O)n(C[C@H]3CNCCO3)c2n1. The van der Waals surface area contributed by atoms with Crippen molar-refractivity contribution in [3.63, 3.8) is 0 Å². The van der Waals surface area contributed by atoms with Crippen LogP contribution < -0.4 is 16.2 Å². The molecule has 1 aliphatic heterocycles. The summed E-state index contributed by atoms with van der Waals surface area (Å²) in [5, 5.41) is 6.99. The molecule has 1 saturated heterocycles. The molecular formula is C13H17N5O2. The standard InChI is InChI=1S/C13H17N5O2/c1-14-13-16-6-9-2-3-11(19)18(12(9)17-13)8-10-7-15-4-5-20-10/h2-3,6,10,15H,4-5,7-8H2,1H3,(H,14,16,17)/t10-/m1/s1. The number of morpholine rings is 1. The molecule has 20 heavy (non-hydrogen) atoms. The molecule has 3 heterocycles. The summed E-state index contributed by atoms with van der Waals surface area (Å²) in [6.45, 7) is 2.75. The van der Waals surface area contributed by atoms with Gasteiger partial charge in [-0.3, -0.25) is 9.36 Å². The fourth-order valence-corrected chi connectivity index (χ4v) is 2.31. The van der Waals surface area contributed by atoms with Crippen LogP contribution in [-0.4, -0.2) is 47.4 Å². The zero-order valence-electron chi connectivity index (χ0n) is 11.3. The Balaban J connectivity index is 2.02. The Labute approximate surface area is 116 Å². The van der Waals surface area contributed by atoms with E-state index in [1.54, 1.807) is 29.9 Å². The van der Waals surface area contributed by atoms with Crippen LogP contribution in [0.25, 0.3) is 11.0 Å². The number of hydrogen-bond donors (Lipinski definition) is 2. The van der Waals surface area contributed by atoms with E-state index < -0.39 is 0 Å². The molecule has 0 unspecified atom stereocenters. The molecular weight excluding hydrogens is 258 g/mol. The summed E-state index contributed by atoms with van der Waals surface area (Å²) in [6, 6.07) is 3.29. The highest BCUT2D eigenvalue weighted by molar-refractivity contribution is 5.74. The molecule has 2 aromatic rings. The highest BCUT2D eigenvalue weighted by Gasteiger charge is 2.16. The molecule has 1 aliphatic rings. The predicted molar refractivity (Wildman–Crippen MR) is 76.0 cm³/mol. The maximum Gasteiger partial charge on any atom is 0.252 e. The second-order valence-electron chi connectivity index (χ2n) is 4.70. The van der Waals surface area contributed by atoms with Crippen LogP contribution in [-0.2, 0) is 11.3 Å². The Morgan fingerprint density at radius 1 is 1.55 bits per heavy atom. The van der Waals surface area contributed by atoms with Gasteiger partial charge in [0.1, 0.15) is 5.65 Å².